The van der Waals surface area contributed by atoms with Crippen molar-refractivity contribution >= 4 is 27.5 Å². The predicted octanol–water partition coefficient (Wildman–Crippen LogP) is 7.54. The zero-order valence-electron chi connectivity index (χ0n) is 28.6. The third kappa shape index (κ3) is 9.39. The Bertz CT molecular complexity index is 1940. The molecule has 0 saturated carbocycles. The number of anilines is 1. The molecule has 0 aromatic heterocycles. The van der Waals surface area contributed by atoms with E-state index < -0.39 is 28.5 Å². The van der Waals surface area contributed by atoms with Gasteiger partial charge in [0.05, 0.1) is 10.6 Å². The third-order valence-electron chi connectivity index (χ3n) is 8.46. The van der Waals surface area contributed by atoms with E-state index in [9.17, 15) is 18.0 Å². The highest BCUT2D eigenvalue weighted by molar-refractivity contribution is 7.92. The van der Waals surface area contributed by atoms with Crippen molar-refractivity contribution < 1.29 is 22.7 Å². The molecule has 2 amide bonds. The number of nitrogens with one attached hydrogen (secondary N) is 1. The van der Waals surface area contributed by atoms with E-state index in [0.29, 0.717) is 17.9 Å². The first-order valence-electron chi connectivity index (χ1n) is 16.7. The Hall–Kier alpha value is -5.41. The van der Waals surface area contributed by atoms with E-state index in [-0.39, 0.29) is 35.5 Å². The lowest BCUT2D eigenvalue weighted by Gasteiger charge is -2.34. The summed E-state index contributed by atoms with van der Waals surface area (Å²) in [6.07, 6.45) is 0.959. The van der Waals surface area contributed by atoms with Gasteiger partial charge in [0.1, 0.15) is 24.1 Å². The van der Waals surface area contributed by atoms with Crippen molar-refractivity contribution in [3.05, 3.63) is 156 Å². The molecule has 0 radical (unpaired) electrons. The van der Waals surface area contributed by atoms with Gasteiger partial charge in [-0.25, -0.2) is 8.42 Å². The van der Waals surface area contributed by atoms with Crippen molar-refractivity contribution in [2.75, 3.05) is 10.8 Å². The maximum atomic E-state index is 14.7. The van der Waals surface area contributed by atoms with E-state index in [1.54, 1.807) is 36.4 Å². The van der Waals surface area contributed by atoms with Gasteiger partial charge in [-0.1, -0.05) is 103 Å². The summed E-state index contributed by atoms with van der Waals surface area (Å²) in [7, 11) is -4.23. The molecule has 2 atom stereocenters. The fourth-order valence-corrected chi connectivity index (χ4v) is 6.86. The first kappa shape index (κ1) is 35.9. The summed E-state index contributed by atoms with van der Waals surface area (Å²) in [5.74, 6) is 0.322. The van der Waals surface area contributed by atoms with Gasteiger partial charge in [-0.15, -0.1) is 0 Å². The quantitative estimate of drug-likeness (QED) is 0.123. The van der Waals surface area contributed by atoms with Crippen LogP contribution in [0.5, 0.6) is 11.5 Å². The number of benzene rings is 5. The third-order valence-corrected chi connectivity index (χ3v) is 10.2. The minimum Gasteiger partial charge on any atom is -0.457 e. The standard InChI is InChI=1S/C41H43N3O5S/c1-4-32(3)42-41(46)39(28-33-14-8-5-9-15-33)43(29-34-16-10-6-11-17-34)40(45)30-44(50(47,48)38-26-20-31(2)21-27-38)35-22-24-37(25-23-35)49-36-18-12-7-13-19-36/h5-27,32,39H,4,28-30H2,1-3H3,(H,42,46). The largest absolute Gasteiger partial charge is 0.457 e. The molecule has 2 unspecified atom stereocenters. The van der Waals surface area contributed by atoms with Gasteiger partial charge in [0, 0.05) is 19.0 Å². The molecule has 1 N–H and O–H groups in total. The molecule has 0 fully saturated rings. The first-order chi connectivity index (χ1) is 24.1. The molecule has 5 aromatic rings. The molecule has 0 aliphatic rings. The van der Waals surface area contributed by atoms with Crippen LogP contribution in [0, 0.1) is 6.92 Å². The smallest absolute Gasteiger partial charge is 0.264 e. The Morgan fingerprint density at radius 2 is 1.26 bits per heavy atom. The van der Waals surface area contributed by atoms with Crippen LogP contribution in [0.25, 0.3) is 0 Å². The monoisotopic (exact) mass is 689 g/mol. The molecular formula is C41H43N3O5S. The van der Waals surface area contributed by atoms with Crippen molar-refractivity contribution in [3.8, 4) is 11.5 Å². The van der Waals surface area contributed by atoms with Crippen LogP contribution >= 0.6 is 0 Å². The van der Waals surface area contributed by atoms with E-state index in [0.717, 1.165) is 21.0 Å². The maximum Gasteiger partial charge on any atom is 0.264 e. The summed E-state index contributed by atoms with van der Waals surface area (Å²) in [5.41, 5.74) is 2.87. The Morgan fingerprint density at radius 1 is 0.720 bits per heavy atom. The Labute approximate surface area is 295 Å². The van der Waals surface area contributed by atoms with Gasteiger partial charge in [-0.05, 0) is 79.9 Å². The van der Waals surface area contributed by atoms with E-state index in [1.807, 2.05) is 112 Å². The van der Waals surface area contributed by atoms with Crippen LogP contribution in [0.15, 0.2) is 144 Å². The number of sulfonamides is 1. The molecule has 8 nitrogen and oxygen atoms in total. The molecule has 0 heterocycles. The minimum absolute atomic E-state index is 0.0467. The fourth-order valence-electron chi connectivity index (χ4n) is 5.45. The number of nitrogens with zero attached hydrogens (tertiary/aromatic N) is 2. The molecule has 5 aromatic carbocycles. The van der Waals surface area contributed by atoms with Crippen molar-refractivity contribution in [3.63, 3.8) is 0 Å². The van der Waals surface area contributed by atoms with E-state index in [2.05, 4.69) is 5.32 Å². The highest BCUT2D eigenvalue weighted by Gasteiger charge is 2.35. The second-order valence-corrected chi connectivity index (χ2v) is 14.1. The summed E-state index contributed by atoms with van der Waals surface area (Å²) in [4.78, 5) is 30.2. The molecule has 5 rings (SSSR count). The number of ether oxygens (including phenoxy) is 1. The van der Waals surface area contributed by atoms with Crippen LogP contribution in [0.2, 0.25) is 0 Å². The molecule has 0 aliphatic carbocycles. The number of carbonyl (C=O) groups is 2. The number of para-hydroxylation sites is 1. The average molecular weight is 690 g/mol. The fraction of sp³-hybridized carbons (Fsp3) is 0.220. The van der Waals surface area contributed by atoms with Gasteiger partial charge in [0.25, 0.3) is 10.0 Å². The molecule has 50 heavy (non-hydrogen) atoms. The number of carbonyl (C=O) groups excluding carboxylic acids is 2. The minimum atomic E-state index is -4.23. The van der Waals surface area contributed by atoms with Crippen LogP contribution in [0.4, 0.5) is 5.69 Å². The summed E-state index contributed by atoms with van der Waals surface area (Å²) < 4.78 is 35.8. The molecule has 9 heteroatoms. The predicted molar refractivity (Wildman–Crippen MR) is 197 cm³/mol. The molecule has 0 bridgehead atoms. The molecule has 0 aliphatic heterocycles. The Morgan fingerprint density at radius 3 is 1.84 bits per heavy atom. The van der Waals surface area contributed by atoms with Crippen molar-refractivity contribution in [2.45, 2.75) is 57.1 Å². The van der Waals surface area contributed by atoms with Gasteiger partial charge in [-0.2, -0.15) is 0 Å². The van der Waals surface area contributed by atoms with Crippen molar-refractivity contribution in [1.29, 1.82) is 0 Å². The normalized spacial score (nSPS) is 12.4. The van der Waals surface area contributed by atoms with E-state index in [1.165, 1.54) is 17.0 Å². The van der Waals surface area contributed by atoms with Crippen LogP contribution < -0.4 is 14.4 Å². The summed E-state index contributed by atoms with van der Waals surface area (Å²) in [6, 6.07) is 40.3. The van der Waals surface area contributed by atoms with E-state index in [4.69, 9.17) is 4.74 Å². The van der Waals surface area contributed by atoms with Gasteiger partial charge in [-0.3, -0.25) is 13.9 Å². The Balaban J connectivity index is 1.55. The van der Waals surface area contributed by atoms with Crippen LogP contribution in [0.1, 0.15) is 37.0 Å². The van der Waals surface area contributed by atoms with Gasteiger partial charge in [0.15, 0.2) is 0 Å². The van der Waals surface area contributed by atoms with Crippen LogP contribution in [-0.4, -0.2) is 43.8 Å². The number of hydrogen-bond acceptors (Lipinski definition) is 5. The average Bonchev–Trinajstić information content (AvgIpc) is 3.13. The zero-order valence-corrected chi connectivity index (χ0v) is 29.4. The van der Waals surface area contributed by atoms with Crippen molar-refractivity contribution in [2.24, 2.45) is 0 Å². The molecule has 258 valence electrons. The summed E-state index contributed by atoms with van der Waals surface area (Å²) in [6.45, 7) is 5.34. The van der Waals surface area contributed by atoms with Crippen LogP contribution in [0.3, 0.4) is 0 Å². The second-order valence-electron chi connectivity index (χ2n) is 12.3. The van der Waals surface area contributed by atoms with Crippen molar-refractivity contribution in [1.82, 2.24) is 10.2 Å². The summed E-state index contributed by atoms with van der Waals surface area (Å²) >= 11 is 0. The summed E-state index contributed by atoms with van der Waals surface area (Å²) in [5, 5.41) is 3.06. The highest BCUT2D eigenvalue weighted by Crippen LogP contribution is 2.29. The van der Waals surface area contributed by atoms with E-state index >= 15 is 0 Å². The number of aryl methyl sites for hydroxylation is 1. The lowest BCUT2D eigenvalue weighted by molar-refractivity contribution is -0.140. The number of rotatable bonds is 15. The molecule has 0 saturated heterocycles. The van der Waals surface area contributed by atoms with Gasteiger partial charge >= 0.3 is 0 Å². The van der Waals surface area contributed by atoms with Gasteiger partial charge < -0.3 is 15.0 Å². The van der Waals surface area contributed by atoms with Crippen LogP contribution in [-0.2, 0) is 32.6 Å². The number of amides is 2. The second kappa shape index (κ2) is 16.8. The number of hydrogen-bond donors (Lipinski definition) is 1. The molecule has 0 spiro atoms. The lowest BCUT2D eigenvalue weighted by atomic mass is 10.0. The Kier molecular flexibility index (Phi) is 12.1. The molecular weight excluding hydrogens is 647 g/mol. The first-order valence-corrected chi connectivity index (χ1v) is 18.2. The maximum absolute atomic E-state index is 14.7. The topological polar surface area (TPSA) is 96.0 Å². The highest BCUT2D eigenvalue weighted by atomic mass is 32.2. The van der Waals surface area contributed by atoms with Gasteiger partial charge in [0.2, 0.25) is 11.8 Å². The SMILES string of the molecule is CCC(C)NC(=O)C(Cc1ccccc1)N(Cc1ccccc1)C(=O)CN(c1ccc(Oc2ccccc2)cc1)S(=O)(=O)c1ccc(C)cc1. The lowest BCUT2D eigenvalue weighted by Crippen LogP contribution is -2.54. The zero-order chi connectivity index (χ0) is 35.5.